The first-order valence-corrected chi connectivity index (χ1v) is 24.3. The molecular formula is C47H75N5O7. The number of amides is 4. The van der Waals surface area contributed by atoms with Gasteiger partial charge in [0, 0.05) is 58.3 Å². The van der Waals surface area contributed by atoms with Crippen LogP contribution in [0.2, 0.25) is 0 Å². The molecule has 0 radical (unpaired) electrons. The second-order valence-electron chi connectivity index (χ2n) is 19.7. The Balaban J connectivity index is 0.711. The monoisotopic (exact) mass is 822 g/mol. The molecule has 4 amide bonds. The Morgan fingerprint density at radius 2 is 1.42 bits per heavy atom. The predicted octanol–water partition coefficient (Wildman–Crippen LogP) is 5.46. The topological polar surface area (TPSA) is 141 Å². The maximum atomic E-state index is 13.3. The number of carbonyl (C=O) groups is 4. The number of likely N-dealkylation sites (tertiary alicyclic amines) is 1. The van der Waals surface area contributed by atoms with Crippen LogP contribution in [0.1, 0.15) is 148 Å². The first-order valence-electron chi connectivity index (χ1n) is 24.3. The number of hydrogen-bond acceptors (Lipinski definition) is 10. The average Bonchev–Trinajstić information content (AvgIpc) is 3.50. The number of nitrogens with one attached hydrogen (secondary N) is 2. The Bertz CT molecular complexity index is 1480. The van der Waals surface area contributed by atoms with E-state index in [-0.39, 0.29) is 54.9 Å². The number of fused-ring (bicyclic) bond motifs is 1. The third-order valence-corrected chi connectivity index (χ3v) is 16.1. The fraction of sp³-hybridized carbons (Fsp3) is 0.872. The van der Waals surface area contributed by atoms with Gasteiger partial charge in [0.15, 0.2) is 0 Å². The molecule has 0 aromatic rings. The molecule has 8 fully saturated rings. The van der Waals surface area contributed by atoms with E-state index in [2.05, 4.69) is 27.4 Å². The molecule has 12 heteroatoms. The standard InChI is InChI=1S/C47H75N5O7/c1-2-38(31-7-4-3-5-8-31)44(32-9-14-35(53)15-10-32)33-11-16-36(17-12-33)59-43-22-13-34(30-48-43)51-26-24-50(25-27-51)23-6-28-58-37-18-19-39-40(29-37)47(57)52(46(39)56)41-20-21-42(54)49-45(41)55/h31-37,39-41,43,48,53H,2-30H2,1H3,(H,49,54,55)/b44-38-. The predicted molar refractivity (Wildman–Crippen MR) is 225 cm³/mol. The van der Waals surface area contributed by atoms with Gasteiger partial charge in [-0.1, -0.05) is 37.3 Å². The summed E-state index contributed by atoms with van der Waals surface area (Å²) < 4.78 is 13.1. The summed E-state index contributed by atoms with van der Waals surface area (Å²) in [6.07, 6.45) is 23.2. The molecule has 59 heavy (non-hydrogen) atoms. The first kappa shape index (κ1) is 43.4. The highest BCUT2D eigenvalue weighted by Crippen LogP contribution is 2.46. The molecular weight excluding hydrogens is 747 g/mol. The number of piperidine rings is 2. The first-order chi connectivity index (χ1) is 28.7. The zero-order chi connectivity index (χ0) is 40.9. The SMILES string of the molecule is CC/C(=C(\C1CCC(O)CC1)C1CCC(OC2CCC(N3CCN(CCCOC4CCC5C(=O)N(C6CCC(=O)NC6=O)C(=O)C5C4)CC3)CN2)CC1)C1CCCCC1. The lowest BCUT2D eigenvalue weighted by Crippen LogP contribution is -2.56. The summed E-state index contributed by atoms with van der Waals surface area (Å²) in [4.78, 5) is 56.8. The van der Waals surface area contributed by atoms with Gasteiger partial charge >= 0.3 is 0 Å². The molecule has 4 aliphatic heterocycles. The van der Waals surface area contributed by atoms with Gasteiger partial charge in [0.2, 0.25) is 23.6 Å². The largest absolute Gasteiger partial charge is 0.393 e. The van der Waals surface area contributed by atoms with E-state index in [0.717, 1.165) is 82.2 Å². The van der Waals surface area contributed by atoms with Crippen LogP contribution in [0.15, 0.2) is 11.1 Å². The van der Waals surface area contributed by atoms with Gasteiger partial charge in [-0.15, -0.1) is 0 Å². The van der Waals surface area contributed by atoms with E-state index in [1.54, 1.807) is 0 Å². The smallest absolute Gasteiger partial charge is 0.249 e. The van der Waals surface area contributed by atoms with Crippen molar-refractivity contribution < 1.29 is 33.8 Å². The van der Waals surface area contributed by atoms with Gasteiger partial charge in [0.1, 0.15) is 12.3 Å². The number of nitrogens with zero attached hydrogens (tertiary/aromatic N) is 3. The molecule has 0 aromatic heterocycles. The highest BCUT2D eigenvalue weighted by atomic mass is 16.5. The summed E-state index contributed by atoms with van der Waals surface area (Å²) in [6.45, 7) is 9.36. The van der Waals surface area contributed by atoms with E-state index < -0.39 is 17.9 Å². The Morgan fingerprint density at radius 1 is 0.729 bits per heavy atom. The molecule has 0 spiro atoms. The van der Waals surface area contributed by atoms with Crippen LogP contribution in [-0.2, 0) is 28.7 Å². The van der Waals surface area contributed by atoms with Crippen molar-refractivity contribution in [3.05, 3.63) is 11.1 Å². The van der Waals surface area contributed by atoms with E-state index in [1.165, 1.54) is 83.5 Å². The van der Waals surface area contributed by atoms with Crippen LogP contribution in [0.4, 0.5) is 0 Å². The number of imide groups is 2. The van der Waals surface area contributed by atoms with E-state index in [4.69, 9.17) is 9.47 Å². The molecule has 4 saturated heterocycles. The van der Waals surface area contributed by atoms with Crippen molar-refractivity contribution in [3.8, 4) is 0 Å². The number of aliphatic hydroxyl groups is 1. The normalized spacial score (nSPS) is 37.6. The minimum absolute atomic E-state index is 0.0500. The fourth-order valence-corrected chi connectivity index (χ4v) is 12.9. The Hall–Kier alpha value is -2.22. The molecule has 6 atom stereocenters. The van der Waals surface area contributed by atoms with Gasteiger partial charge in [-0.3, -0.25) is 39.6 Å². The third kappa shape index (κ3) is 10.4. The van der Waals surface area contributed by atoms with E-state index in [9.17, 15) is 24.3 Å². The summed E-state index contributed by atoms with van der Waals surface area (Å²) in [5, 5.41) is 16.4. The van der Waals surface area contributed by atoms with Crippen molar-refractivity contribution in [3.63, 3.8) is 0 Å². The molecule has 8 rings (SSSR count). The van der Waals surface area contributed by atoms with Crippen molar-refractivity contribution >= 4 is 23.6 Å². The summed E-state index contributed by atoms with van der Waals surface area (Å²) in [5.41, 5.74) is 3.67. The number of hydrogen-bond donors (Lipinski definition) is 3. The van der Waals surface area contributed by atoms with Gasteiger partial charge in [0.05, 0.1) is 30.1 Å². The van der Waals surface area contributed by atoms with Crippen LogP contribution in [-0.4, -0.2) is 126 Å². The Labute approximate surface area is 353 Å². The molecule has 4 saturated carbocycles. The number of allylic oxidation sites excluding steroid dienone is 2. The molecule has 0 aromatic carbocycles. The van der Waals surface area contributed by atoms with Crippen LogP contribution in [0.25, 0.3) is 0 Å². The lowest BCUT2D eigenvalue weighted by Gasteiger charge is -2.43. The maximum Gasteiger partial charge on any atom is 0.249 e. The molecule has 12 nitrogen and oxygen atoms in total. The fourth-order valence-electron chi connectivity index (χ4n) is 12.9. The number of carbonyl (C=O) groups excluding carboxylic acids is 4. The highest BCUT2D eigenvalue weighted by Gasteiger charge is 2.54. The van der Waals surface area contributed by atoms with Gasteiger partial charge < -0.3 is 19.5 Å². The summed E-state index contributed by atoms with van der Waals surface area (Å²) in [7, 11) is 0. The van der Waals surface area contributed by atoms with Crippen molar-refractivity contribution in [2.45, 2.75) is 185 Å². The number of aliphatic hydroxyl groups excluding tert-OH is 1. The van der Waals surface area contributed by atoms with Crippen LogP contribution >= 0.6 is 0 Å². The van der Waals surface area contributed by atoms with Gasteiger partial charge in [-0.2, -0.15) is 0 Å². The van der Waals surface area contributed by atoms with E-state index in [0.29, 0.717) is 43.4 Å². The zero-order valence-electron chi connectivity index (χ0n) is 36.1. The maximum absolute atomic E-state index is 13.3. The van der Waals surface area contributed by atoms with Gasteiger partial charge in [-0.05, 0) is 133 Å². The van der Waals surface area contributed by atoms with Crippen LogP contribution in [0, 0.1) is 29.6 Å². The molecule has 8 aliphatic rings. The van der Waals surface area contributed by atoms with Crippen molar-refractivity contribution in [1.29, 1.82) is 0 Å². The van der Waals surface area contributed by atoms with Crippen molar-refractivity contribution in [2.24, 2.45) is 29.6 Å². The van der Waals surface area contributed by atoms with Crippen LogP contribution < -0.4 is 10.6 Å². The van der Waals surface area contributed by atoms with Gasteiger partial charge in [-0.25, -0.2) is 0 Å². The quantitative estimate of drug-likeness (QED) is 0.125. The summed E-state index contributed by atoms with van der Waals surface area (Å²) in [5.74, 6) is -0.0349. The second-order valence-corrected chi connectivity index (χ2v) is 19.7. The summed E-state index contributed by atoms with van der Waals surface area (Å²) >= 11 is 0. The lowest BCUT2D eigenvalue weighted by atomic mass is 9.68. The minimum atomic E-state index is -0.871. The Kier molecular flexibility index (Phi) is 15.0. The summed E-state index contributed by atoms with van der Waals surface area (Å²) in [6, 6.07) is -0.305. The number of rotatable bonds is 13. The van der Waals surface area contributed by atoms with Crippen LogP contribution in [0.3, 0.4) is 0 Å². The molecule has 330 valence electrons. The van der Waals surface area contributed by atoms with Gasteiger partial charge in [0.25, 0.3) is 0 Å². The van der Waals surface area contributed by atoms with Crippen molar-refractivity contribution in [1.82, 2.24) is 25.3 Å². The Morgan fingerprint density at radius 3 is 2.10 bits per heavy atom. The number of piperazine rings is 1. The number of ether oxygens (including phenoxy) is 2. The van der Waals surface area contributed by atoms with E-state index in [1.807, 2.05) is 11.1 Å². The molecule has 6 unspecified atom stereocenters. The second kappa shape index (κ2) is 20.3. The highest BCUT2D eigenvalue weighted by molar-refractivity contribution is 6.10. The molecule has 0 bridgehead atoms. The lowest BCUT2D eigenvalue weighted by molar-refractivity contribution is -0.151. The average molecular weight is 822 g/mol. The van der Waals surface area contributed by atoms with E-state index >= 15 is 0 Å². The molecule has 4 aliphatic carbocycles. The van der Waals surface area contributed by atoms with Crippen molar-refractivity contribution in [2.75, 3.05) is 45.9 Å². The molecule has 3 N–H and O–H groups in total. The third-order valence-electron chi connectivity index (χ3n) is 16.1. The minimum Gasteiger partial charge on any atom is -0.393 e. The van der Waals surface area contributed by atoms with Crippen LogP contribution in [0.5, 0.6) is 0 Å². The molecule has 4 heterocycles. The zero-order valence-corrected chi connectivity index (χ0v) is 36.1.